The Kier molecular flexibility index (Phi) is 2.52. The standard InChI is InChI=1S/C14H11N2O3/c1-10-3-2-4-14-15(10)9-13(19-14)11-5-7-12(8-6-11)16(17)18/h2-9H,1H3/q+1. The van der Waals surface area contributed by atoms with Crippen molar-refractivity contribution in [2.45, 2.75) is 6.92 Å². The van der Waals surface area contributed by atoms with Crippen LogP contribution in [-0.2, 0) is 0 Å². The summed E-state index contributed by atoms with van der Waals surface area (Å²) in [6.45, 7) is 1.99. The Morgan fingerprint density at radius 2 is 1.89 bits per heavy atom. The fraction of sp³-hybridized carbons (Fsp3) is 0.0714. The molecule has 0 saturated heterocycles. The zero-order chi connectivity index (χ0) is 13.4. The molecule has 0 bridgehead atoms. The van der Waals surface area contributed by atoms with Crippen molar-refractivity contribution in [2.24, 2.45) is 0 Å². The van der Waals surface area contributed by atoms with E-state index in [1.165, 1.54) is 12.1 Å². The molecule has 3 aromatic rings. The normalized spacial score (nSPS) is 10.8. The van der Waals surface area contributed by atoms with Crippen LogP contribution >= 0.6 is 0 Å². The smallest absolute Gasteiger partial charge is 0.379 e. The van der Waals surface area contributed by atoms with Crippen molar-refractivity contribution in [3.05, 3.63) is 64.5 Å². The highest BCUT2D eigenvalue weighted by molar-refractivity contribution is 5.59. The number of nitro benzene ring substituents is 1. The minimum atomic E-state index is -0.415. The quantitative estimate of drug-likeness (QED) is 0.402. The number of non-ortho nitro benzene ring substituents is 1. The summed E-state index contributed by atoms with van der Waals surface area (Å²) in [5.74, 6) is 0.684. The zero-order valence-electron chi connectivity index (χ0n) is 10.2. The summed E-state index contributed by atoms with van der Waals surface area (Å²) >= 11 is 0. The first-order valence-corrected chi connectivity index (χ1v) is 5.81. The van der Waals surface area contributed by atoms with Crippen LogP contribution in [0.25, 0.3) is 17.0 Å². The molecule has 5 nitrogen and oxygen atoms in total. The average molecular weight is 255 g/mol. The molecule has 0 atom stereocenters. The SMILES string of the molecule is Cc1cccc2oc(-c3ccc([N+](=O)[O-])cc3)c[n+]12. The van der Waals surface area contributed by atoms with Crippen LogP contribution in [-0.4, -0.2) is 4.92 Å². The maximum absolute atomic E-state index is 10.6. The lowest BCUT2D eigenvalue weighted by molar-refractivity contribution is -0.521. The number of nitro groups is 1. The van der Waals surface area contributed by atoms with E-state index in [0.717, 1.165) is 17.0 Å². The molecular formula is C14H11N2O3+. The van der Waals surface area contributed by atoms with E-state index in [-0.39, 0.29) is 5.69 Å². The van der Waals surface area contributed by atoms with Crippen LogP contribution < -0.4 is 4.40 Å². The van der Waals surface area contributed by atoms with Gasteiger partial charge in [0.25, 0.3) is 5.69 Å². The molecule has 0 aliphatic carbocycles. The number of aromatic nitrogens is 1. The zero-order valence-corrected chi connectivity index (χ0v) is 10.2. The molecule has 0 saturated carbocycles. The van der Waals surface area contributed by atoms with Crippen LogP contribution in [0.2, 0.25) is 0 Å². The van der Waals surface area contributed by atoms with Gasteiger partial charge < -0.3 is 4.42 Å². The maximum atomic E-state index is 10.6. The Balaban J connectivity index is 2.09. The summed E-state index contributed by atoms with van der Waals surface area (Å²) in [5.41, 5.74) is 2.69. The van der Waals surface area contributed by atoms with Crippen molar-refractivity contribution < 1.29 is 13.7 Å². The molecule has 3 rings (SSSR count). The Morgan fingerprint density at radius 1 is 1.16 bits per heavy atom. The lowest BCUT2D eigenvalue weighted by Gasteiger charge is -1.93. The Bertz CT molecular complexity index is 760. The Hall–Kier alpha value is -2.69. The molecule has 0 amide bonds. The number of benzene rings is 1. The summed E-state index contributed by atoms with van der Waals surface area (Å²) < 4.78 is 7.67. The van der Waals surface area contributed by atoms with Gasteiger partial charge in [-0.3, -0.25) is 10.1 Å². The van der Waals surface area contributed by atoms with Crippen molar-refractivity contribution in [1.29, 1.82) is 0 Å². The van der Waals surface area contributed by atoms with E-state index in [1.54, 1.807) is 12.1 Å². The molecule has 1 aromatic carbocycles. The number of aryl methyl sites for hydroxylation is 1. The largest absolute Gasteiger partial charge is 0.398 e. The maximum Gasteiger partial charge on any atom is 0.379 e. The van der Waals surface area contributed by atoms with Crippen molar-refractivity contribution in [1.82, 2.24) is 0 Å². The molecule has 5 heteroatoms. The molecule has 0 radical (unpaired) electrons. The highest BCUT2D eigenvalue weighted by Gasteiger charge is 2.15. The van der Waals surface area contributed by atoms with Gasteiger partial charge in [-0.25, -0.2) is 0 Å². The summed E-state index contributed by atoms with van der Waals surface area (Å²) in [7, 11) is 0. The number of rotatable bonds is 2. The third kappa shape index (κ3) is 1.95. The molecule has 0 N–H and O–H groups in total. The van der Waals surface area contributed by atoms with Gasteiger partial charge in [0, 0.05) is 30.7 Å². The van der Waals surface area contributed by atoms with Crippen LogP contribution in [0.3, 0.4) is 0 Å². The average Bonchev–Trinajstić information content (AvgIpc) is 2.84. The molecule has 19 heavy (non-hydrogen) atoms. The summed E-state index contributed by atoms with van der Waals surface area (Å²) in [6, 6.07) is 12.1. The molecule has 0 aliphatic rings. The summed E-state index contributed by atoms with van der Waals surface area (Å²) in [4.78, 5) is 10.2. The number of fused-ring (bicyclic) bond motifs is 1. The predicted octanol–water partition coefficient (Wildman–Crippen LogP) is 2.90. The summed E-state index contributed by atoms with van der Waals surface area (Å²) in [6.07, 6.45) is 1.88. The number of hydrogen-bond acceptors (Lipinski definition) is 3. The lowest BCUT2D eigenvalue weighted by atomic mass is 10.2. The van der Waals surface area contributed by atoms with Crippen LogP contribution in [0.5, 0.6) is 0 Å². The Labute approximate surface area is 108 Å². The Morgan fingerprint density at radius 3 is 2.53 bits per heavy atom. The molecule has 2 aromatic heterocycles. The van der Waals surface area contributed by atoms with Crippen LogP contribution in [0.1, 0.15) is 5.69 Å². The van der Waals surface area contributed by atoms with E-state index < -0.39 is 4.92 Å². The first-order valence-electron chi connectivity index (χ1n) is 5.81. The van der Waals surface area contributed by atoms with Gasteiger partial charge in [0.05, 0.1) is 11.0 Å². The van der Waals surface area contributed by atoms with Crippen molar-refractivity contribution in [3.63, 3.8) is 0 Å². The molecule has 0 spiro atoms. The van der Waals surface area contributed by atoms with Crippen molar-refractivity contribution >= 4 is 11.4 Å². The first-order chi connectivity index (χ1) is 9.15. The fourth-order valence-electron chi connectivity index (χ4n) is 1.99. The molecule has 94 valence electrons. The first kappa shape index (κ1) is 11.4. The van der Waals surface area contributed by atoms with E-state index in [9.17, 15) is 10.1 Å². The number of oxazole rings is 1. The minimum Gasteiger partial charge on any atom is -0.398 e. The predicted molar refractivity (Wildman–Crippen MR) is 68.7 cm³/mol. The van der Waals surface area contributed by atoms with E-state index in [1.807, 2.05) is 35.7 Å². The number of nitrogens with zero attached hydrogens (tertiary/aromatic N) is 2. The molecule has 0 unspecified atom stereocenters. The van der Waals surface area contributed by atoms with E-state index in [4.69, 9.17) is 4.42 Å². The summed E-state index contributed by atoms with van der Waals surface area (Å²) in [5, 5.41) is 10.6. The van der Waals surface area contributed by atoms with Gasteiger partial charge in [0.15, 0.2) is 5.69 Å². The molecule has 2 heterocycles. The molecule has 0 aliphatic heterocycles. The lowest BCUT2D eigenvalue weighted by Crippen LogP contribution is -2.21. The van der Waals surface area contributed by atoms with Gasteiger partial charge >= 0.3 is 5.71 Å². The van der Waals surface area contributed by atoms with Crippen LogP contribution in [0.4, 0.5) is 5.69 Å². The minimum absolute atomic E-state index is 0.0729. The topological polar surface area (TPSA) is 60.4 Å². The van der Waals surface area contributed by atoms with Gasteiger partial charge in [-0.1, -0.05) is 0 Å². The fourth-order valence-corrected chi connectivity index (χ4v) is 1.99. The van der Waals surface area contributed by atoms with Crippen molar-refractivity contribution in [2.75, 3.05) is 0 Å². The number of hydrogen-bond donors (Lipinski definition) is 0. The second kappa shape index (κ2) is 4.20. The molecular weight excluding hydrogens is 244 g/mol. The highest BCUT2D eigenvalue weighted by Crippen LogP contribution is 2.23. The second-order valence-corrected chi connectivity index (χ2v) is 4.27. The van der Waals surface area contributed by atoms with Gasteiger partial charge in [0.2, 0.25) is 12.0 Å². The molecule has 0 fully saturated rings. The van der Waals surface area contributed by atoms with E-state index in [0.29, 0.717) is 5.76 Å². The van der Waals surface area contributed by atoms with Crippen LogP contribution in [0, 0.1) is 17.0 Å². The van der Waals surface area contributed by atoms with Crippen molar-refractivity contribution in [3.8, 4) is 11.3 Å². The third-order valence-corrected chi connectivity index (χ3v) is 3.02. The van der Waals surface area contributed by atoms with Gasteiger partial charge in [-0.2, -0.15) is 0 Å². The monoisotopic (exact) mass is 255 g/mol. The highest BCUT2D eigenvalue weighted by atomic mass is 16.6. The second-order valence-electron chi connectivity index (χ2n) is 4.27. The van der Waals surface area contributed by atoms with Gasteiger partial charge in [-0.05, 0) is 18.2 Å². The third-order valence-electron chi connectivity index (χ3n) is 3.02. The van der Waals surface area contributed by atoms with Gasteiger partial charge in [-0.15, -0.1) is 4.40 Å². The van der Waals surface area contributed by atoms with E-state index in [2.05, 4.69) is 0 Å². The van der Waals surface area contributed by atoms with E-state index >= 15 is 0 Å². The van der Waals surface area contributed by atoms with Gasteiger partial charge in [0.1, 0.15) is 0 Å². The van der Waals surface area contributed by atoms with Crippen LogP contribution in [0.15, 0.2) is 53.1 Å². The number of pyridine rings is 1.